The third kappa shape index (κ3) is 3.23. The molecule has 0 spiro atoms. The van der Waals surface area contributed by atoms with E-state index in [1.165, 1.54) is 21.9 Å². The van der Waals surface area contributed by atoms with Gasteiger partial charge in [-0.3, -0.25) is 0 Å². The van der Waals surface area contributed by atoms with Crippen LogP contribution in [0.25, 0.3) is 32.9 Å². The first-order valence-corrected chi connectivity index (χ1v) is 10.2. The molecular weight excluding hydrogens is 362 g/mol. The summed E-state index contributed by atoms with van der Waals surface area (Å²) < 4.78 is 0. The Labute approximate surface area is 177 Å². The van der Waals surface area contributed by atoms with Gasteiger partial charge in [-0.05, 0) is 47.9 Å². The van der Waals surface area contributed by atoms with Gasteiger partial charge in [0.05, 0.1) is 16.8 Å². The van der Waals surface area contributed by atoms with Crippen LogP contribution in [-0.4, -0.2) is 4.98 Å². The molecule has 1 heteroatoms. The lowest BCUT2D eigenvalue weighted by Gasteiger charge is -2.08. The number of rotatable bonds is 1. The quantitative estimate of drug-likeness (QED) is 0.282. The van der Waals surface area contributed by atoms with Gasteiger partial charge in [-0.2, -0.15) is 0 Å². The monoisotopic (exact) mass is 383 g/mol. The van der Waals surface area contributed by atoms with Crippen molar-refractivity contribution >= 4 is 21.7 Å². The van der Waals surface area contributed by atoms with E-state index in [4.69, 9.17) is 4.98 Å². The van der Waals surface area contributed by atoms with Crippen molar-refractivity contribution in [1.82, 2.24) is 4.98 Å². The normalized spacial score (nSPS) is 10.7. The van der Waals surface area contributed by atoms with Crippen molar-refractivity contribution in [2.45, 2.75) is 13.8 Å². The molecule has 0 amide bonds. The summed E-state index contributed by atoms with van der Waals surface area (Å²) in [5.74, 6) is 6.78. The van der Waals surface area contributed by atoms with Crippen LogP contribution in [0, 0.1) is 25.7 Å². The summed E-state index contributed by atoms with van der Waals surface area (Å²) in [7, 11) is 0. The molecule has 5 aromatic rings. The molecule has 0 aliphatic heterocycles. The summed E-state index contributed by atoms with van der Waals surface area (Å²) in [4.78, 5) is 5.05. The van der Waals surface area contributed by atoms with E-state index in [2.05, 4.69) is 117 Å². The van der Waals surface area contributed by atoms with Gasteiger partial charge in [-0.1, -0.05) is 90.7 Å². The predicted octanol–water partition coefficient (Wildman–Crippen LogP) is 7.07. The summed E-state index contributed by atoms with van der Waals surface area (Å²) in [5.41, 5.74) is 7.52. The fourth-order valence-corrected chi connectivity index (χ4v) is 3.99. The Morgan fingerprint density at radius 2 is 1.30 bits per heavy atom. The molecule has 1 aromatic heterocycles. The minimum atomic E-state index is 0.946. The van der Waals surface area contributed by atoms with Crippen molar-refractivity contribution in [2.75, 3.05) is 0 Å². The van der Waals surface area contributed by atoms with Crippen molar-refractivity contribution < 1.29 is 0 Å². The van der Waals surface area contributed by atoms with Gasteiger partial charge in [0, 0.05) is 16.5 Å². The first kappa shape index (κ1) is 18.2. The lowest BCUT2D eigenvalue weighted by atomic mass is 10.0. The maximum Gasteiger partial charge on any atom is 0.0865 e. The van der Waals surface area contributed by atoms with Crippen molar-refractivity contribution in [2.24, 2.45) is 0 Å². The average molecular weight is 383 g/mol. The number of para-hydroxylation sites is 1. The highest BCUT2D eigenvalue weighted by molar-refractivity contribution is 5.97. The second-order valence-corrected chi connectivity index (χ2v) is 7.62. The zero-order chi connectivity index (χ0) is 20.5. The van der Waals surface area contributed by atoms with E-state index >= 15 is 0 Å². The van der Waals surface area contributed by atoms with E-state index in [1.54, 1.807) is 0 Å². The molecule has 0 radical (unpaired) electrons. The van der Waals surface area contributed by atoms with Crippen LogP contribution in [0.3, 0.4) is 0 Å². The number of pyridine rings is 1. The van der Waals surface area contributed by atoms with Gasteiger partial charge in [0.1, 0.15) is 0 Å². The first-order chi connectivity index (χ1) is 14.7. The highest BCUT2D eigenvalue weighted by atomic mass is 14.7. The van der Waals surface area contributed by atoms with Crippen molar-refractivity contribution in [3.63, 3.8) is 0 Å². The van der Waals surface area contributed by atoms with Gasteiger partial charge < -0.3 is 0 Å². The highest BCUT2D eigenvalue weighted by Gasteiger charge is 2.08. The highest BCUT2D eigenvalue weighted by Crippen LogP contribution is 2.29. The van der Waals surface area contributed by atoms with E-state index in [0.717, 1.165) is 33.3 Å². The number of nitrogens with zero attached hydrogens (tertiary/aromatic N) is 1. The summed E-state index contributed by atoms with van der Waals surface area (Å²) in [6.45, 7) is 4.22. The number of aromatic nitrogens is 1. The fraction of sp³-hybridized carbons (Fsp3) is 0.0690. The van der Waals surface area contributed by atoms with Crippen LogP contribution in [0.4, 0.5) is 0 Å². The molecule has 1 heterocycles. The number of aryl methyl sites for hydroxylation is 2. The molecule has 0 aliphatic carbocycles. The summed E-state index contributed by atoms with van der Waals surface area (Å²) in [6, 6.07) is 31.6. The molecule has 5 rings (SSSR count). The first-order valence-electron chi connectivity index (χ1n) is 10.2. The van der Waals surface area contributed by atoms with Gasteiger partial charge in [0.15, 0.2) is 0 Å². The van der Waals surface area contributed by atoms with Gasteiger partial charge in [0.25, 0.3) is 0 Å². The summed E-state index contributed by atoms with van der Waals surface area (Å²) in [5, 5.41) is 3.54. The van der Waals surface area contributed by atoms with Gasteiger partial charge in [0.2, 0.25) is 0 Å². The molecule has 142 valence electrons. The van der Waals surface area contributed by atoms with Gasteiger partial charge >= 0.3 is 0 Å². The molecule has 4 aromatic carbocycles. The van der Waals surface area contributed by atoms with Crippen molar-refractivity contribution in [3.8, 4) is 23.1 Å². The molecule has 0 N–H and O–H groups in total. The molecule has 1 nitrogen and oxygen atoms in total. The lowest BCUT2D eigenvalue weighted by molar-refractivity contribution is 1.35. The summed E-state index contributed by atoms with van der Waals surface area (Å²) >= 11 is 0. The molecule has 0 saturated carbocycles. The standard InChI is InChI=1S/C29H21N/c1-20-8-5-9-21(2)25(20)18-16-23-12-6-13-24-17-19-28(30-29(23)24)27-15-7-11-22-10-3-4-14-26(22)27/h3-15,17,19H,1-2H3. The van der Waals surface area contributed by atoms with E-state index in [9.17, 15) is 0 Å². The zero-order valence-corrected chi connectivity index (χ0v) is 17.1. The molecule has 0 fully saturated rings. The predicted molar refractivity (Wildman–Crippen MR) is 127 cm³/mol. The number of hydrogen-bond donors (Lipinski definition) is 0. The second-order valence-electron chi connectivity index (χ2n) is 7.62. The largest absolute Gasteiger partial charge is 0.246 e. The van der Waals surface area contributed by atoms with E-state index in [1.807, 2.05) is 0 Å². The lowest BCUT2D eigenvalue weighted by Crippen LogP contribution is -1.90. The van der Waals surface area contributed by atoms with Crippen LogP contribution in [0.15, 0.2) is 91.0 Å². The van der Waals surface area contributed by atoms with E-state index in [-0.39, 0.29) is 0 Å². The molecule has 0 aliphatic rings. The Morgan fingerprint density at radius 3 is 2.17 bits per heavy atom. The van der Waals surface area contributed by atoms with Crippen LogP contribution < -0.4 is 0 Å². The van der Waals surface area contributed by atoms with Crippen LogP contribution in [0.2, 0.25) is 0 Å². The Balaban J connectivity index is 1.68. The number of hydrogen-bond acceptors (Lipinski definition) is 1. The smallest absolute Gasteiger partial charge is 0.0865 e. The Morgan fingerprint density at radius 1 is 0.600 bits per heavy atom. The van der Waals surface area contributed by atoms with Crippen molar-refractivity contribution in [1.29, 1.82) is 0 Å². The Bertz CT molecular complexity index is 1440. The molecular formula is C29H21N. The minimum absolute atomic E-state index is 0.946. The topological polar surface area (TPSA) is 12.9 Å². The average Bonchev–Trinajstić information content (AvgIpc) is 2.78. The molecule has 0 atom stereocenters. The van der Waals surface area contributed by atoms with Crippen LogP contribution >= 0.6 is 0 Å². The SMILES string of the molecule is Cc1cccc(C)c1C#Cc1cccc2ccc(-c3cccc4ccccc34)nc12. The van der Waals surface area contributed by atoms with E-state index < -0.39 is 0 Å². The van der Waals surface area contributed by atoms with Crippen LogP contribution in [0.1, 0.15) is 22.3 Å². The van der Waals surface area contributed by atoms with E-state index in [0.29, 0.717) is 0 Å². The van der Waals surface area contributed by atoms with Crippen LogP contribution in [0.5, 0.6) is 0 Å². The van der Waals surface area contributed by atoms with Gasteiger partial charge in [-0.25, -0.2) is 4.98 Å². The third-order valence-electron chi connectivity index (χ3n) is 5.59. The summed E-state index contributed by atoms with van der Waals surface area (Å²) in [6.07, 6.45) is 0. The second kappa shape index (κ2) is 7.50. The zero-order valence-electron chi connectivity index (χ0n) is 17.1. The molecule has 30 heavy (non-hydrogen) atoms. The number of benzene rings is 4. The maximum absolute atomic E-state index is 5.05. The minimum Gasteiger partial charge on any atom is -0.246 e. The molecule has 0 unspecified atom stereocenters. The third-order valence-corrected chi connectivity index (χ3v) is 5.59. The van der Waals surface area contributed by atoms with Crippen molar-refractivity contribution in [3.05, 3.63) is 113 Å². The fourth-order valence-electron chi connectivity index (χ4n) is 3.99. The Kier molecular flexibility index (Phi) is 4.54. The molecule has 0 saturated heterocycles. The number of fused-ring (bicyclic) bond motifs is 2. The van der Waals surface area contributed by atoms with Gasteiger partial charge in [-0.15, -0.1) is 0 Å². The maximum atomic E-state index is 5.05. The van der Waals surface area contributed by atoms with Crippen LogP contribution in [-0.2, 0) is 0 Å². The molecule has 0 bridgehead atoms. The Hall–Kier alpha value is -3.89.